The van der Waals surface area contributed by atoms with E-state index < -0.39 is 5.91 Å². The second-order valence-corrected chi connectivity index (χ2v) is 6.97. The summed E-state index contributed by atoms with van der Waals surface area (Å²) in [5, 5.41) is 7.54. The lowest BCUT2D eigenvalue weighted by atomic mass is 10.1. The van der Waals surface area contributed by atoms with Gasteiger partial charge in [-0.2, -0.15) is 5.10 Å². The summed E-state index contributed by atoms with van der Waals surface area (Å²) in [4.78, 5) is 25.1. The van der Waals surface area contributed by atoms with Crippen molar-refractivity contribution < 1.29 is 9.21 Å². The van der Waals surface area contributed by atoms with Crippen molar-refractivity contribution in [3.05, 3.63) is 93.5 Å². The number of fused-ring (bicyclic) bond motifs is 1. The van der Waals surface area contributed by atoms with Crippen molar-refractivity contribution in [1.82, 2.24) is 9.78 Å². The summed E-state index contributed by atoms with van der Waals surface area (Å²) in [6, 6.07) is 16.5. The molecule has 29 heavy (non-hydrogen) atoms. The SMILES string of the molecule is CCc1ccc2oc(C(=O)Nc3ccnn3Cc3ccc(C)cc3)cc(=O)c2c1. The number of nitrogens with one attached hydrogen (secondary N) is 1. The number of carbonyl (C=O) groups excluding carboxylic acids is 1. The number of hydrogen-bond donors (Lipinski definition) is 1. The molecule has 0 saturated heterocycles. The Balaban J connectivity index is 1.58. The predicted octanol–water partition coefficient (Wildman–Crippen LogP) is 4.16. The molecule has 0 aliphatic heterocycles. The van der Waals surface area contributed by atoms with E-state index in [0.29, 0.717) is 23.3 Å². The Bertz CT molecular complexity index is 1240. The predicted molar refractivity (Wildman–Crippen MR) is 112 cm³/mol. The molecule has 0 aliphatic carbocycles. The molecule has 0 atom stereocenters. The summed E-state index contributed by atoms with van der Waals surface area (Å²) in [5.41, 5.74) is 3.45. The Hall–Kier alpha value is -3.67. The zero-order chi connectivity index (χ0) is 20.4. The van der Waals surface area contributed by atoms with Gasteiger partial charge in [0.05, 0.1) is 18.1 Å². The van der Waals surface area contributed by atoms with Gasteiger partial charge in [-0.1, -0.05) is 42.8 Å². The van der Waals surface area contributed by atoms with Crippen molar-refractivity contribution in [1.29, 1.82) is 0 Å². The van der Waals surface area contributed by atoms with Crippen molar-refractivity contribution in [3.63, 3.8) is 0 Å². The highest BCUT2D eigenvalue weighted by atomic mass is 16.3. The van der Waals surface area contributed by atoms with Crippen LogP contribution in [-0.2, 0) is 13.0 Å². The molecular weight excluding hydrogens is 366 g/mol. The van der Waals surface area contributed by atoms with Crippen LogP contribution in [-0.4, -0.2) is 15.7 Å². The Morgan fingerprint density at radius 2 is 1.83 bits per heavy atom. The van der Waals surface area contributed by atoms with E-state index in [4.69, 9.17) is 4.42 Å². The van der Waals surface area contributed by atoms with Crippen LogP contribution in [0.2, 0.25) is 0 Å². The van der Waals surface area contributed by atoms with Crippen LogP contribution in [0.25, 0.3) is 11.0 Å². The zero-order valence-corrected chi connectivity index (χ0v) is 16.3. The summed E-state index contributed by atoms with van der Waals surface area (Å²) < 4.78 is 7.37. The number of benzene rings is 2. The van der Waals surface area contributed by atoms with Crippen LogP contribution < -0.4 is 10.7 Å². The lowest BCUT2D eigenvalue weighted by Crippen LogP contribution is -2.18. The van der Waals surface area contributed by atoms with Gasteiger partial charge in [-0.05, 0) is 36.6 Å². The molecular formula is C23H21N3O3. The van der Waals surface area contributed by atoms with Crippen LogP contribution in [0.1, 0.15) is 34.2 Å². The van der Waals surface area contributed by atoms with E-state index in [2.05, 4.69) is 10.4 Å². The molecule has 4 rings (SSSR count). The Kier molecular flexibility index (Phi) is 4.99. The quantitative estimate of drug-likeness (QED) is 0.558. The molecule has 6 nitrogen and oxygen atoms in total. The third-order valence-electron chi connectivity index (χ3n) is 4.83. The van der Waals surface area contributed by atoms with Crippen LogP contribution in [0.4, 0.5) is 5.82 Å². The number of aryl methyl sites for hydroxylation is 2. The van der Waals surface area contributed by atoms with Gasteiger partial charge in [0.15, 0.2) is 11.2 Å². The second kappa shape index (κ2) is 7.75. The monoisotopic (exact) mass is 387 g/mol. The maximum atomic E-state index is 12.7. The first-order valence-corrected chi connectivity index (χ1v) is 9.49. The summed E-state index contributed by atoms with van der Waals surface area (Å²) >= 11 is 0. The highest BCUT2D eigenvalue weighted by Gasteiger charge is 2.15. The number of hydrogen-bond acceptors (Lipinski definition) is 4. The average molecular weight is 387 g/mol. The van der Waals surface area contributed by atoms with Crippen molar-refractivity contribution in [2.24, 2.45) is 0 Å². The number of aromatic nitrogens is 2. The highest BCUT2D eigenvalue weighted by molar-refractivity contribution is 6.02. The van der Waals surface area contributed by atoms with Gasteiger partial charge in [-0.25, -0.2) is 4.68 Å². The minimum atomic E-state index is -0.491. The number of anilines is 1. The van der Waals surface area contributed by atoms with Crippen molar-refractivity contribution in [2.45, 2.75) is 26.8 Å². The molecule has 0 bridgehead atoms. The molecule has 2 aromatic carbocycles. The van der Waals surface area contributed by atoms with E-state index in [-0.39, 0.29) is 11.2 Å². The van der Waals surface area contributed by atoms with Gasteiger partial charge in [-0.15, -0.1) is 0 Å². The standard InChI is InChI=1S/C23H21N3O3/c1-3-16-8-9-20-18(12-16)19(27)13-21(29-20)23(28)25-22-10-11-24-26(22)14-17-6-4-15(2)5-7-17/h4-13H,3,14H2,1-2H3,(H,25,28). The summed E-state index contributed by atoms with van der Waals surface area (Å²) in [6.07, 6.45) is 2.44. The van der Waals surface area contributed by atoms with Gasteiger partial charge in [0.25, 0.3) is 5.91 Å². The topological polar surface area (TPSA) is 77.1 Å². The normalized spacial score (nSPS) is 11.0. The summed E-state index contributed by atoms with van der Waals surface area (Å²) in [6.45, 7) is 4.57. The van der Waals surface area contributed by atoms with Crippen LogP contribution in [0.15, 0.2) is 70.0 Å². The fraction of sp³-hybridized carbons (Fsp3) is 0.174. The maximum Gasteiger partial charge on any atom is 0.292 e. The summed E-state index contributed by atoms with van der Waals surface area (Å²) in [5.74, 6) is 0.00344. The van der Waals surface area contributed by atoms with Crippen LogP contribution in [0, 0.1) is 6.92 Å². The van der Waals surface area contributed by atoms with Crippen LogP contribution in [0.5, 0.6) is 0 Å². The van der Waals surface area contributed by atoms with Crippen molar-refractivity contribution in [2.75, 3.05) is 5.32 Å². The van der Waals surface area contributed by atoms with E-state index in [9.17, 15) is 9.59 Å². The van der Waals surface area contributed by atoms with E-state index in [0.717, 1.165) is 17.5 Å². The van der Waals surface area contributed by atoms with E-state index in [1.54, 1.807) is 29.1 Å². The second-order valence-electron chi connectivity index (χ2n) is 6.97. The molecule has 6 heteroatoms. The van der Waals surface area contributed by atoms with E-state index in [1.165, 1.54) is 11.6 Å². The molecule has 1 amide bonds. The number of rotatable bonds is 5. The first-order valence-electron chi connectivity index (χ1n) is 9.49. The molecule has 4 aromatic rings. The van der Waals surface area contributed by atoms with Crippen LogP contribution >= 0.6 is 0 Å². The smallest absolute Gasteiger partial charge is 0.292 e. The highest BCUT2D eigenvalue weighted by Crippen LogP contribution is 2.17. The van der Waals surface area contributed by atoms with Crippen molar-refractivity contribution >= 4 is 22.7 Å². The number of nitrogens with zero attached hydrogens (tertiary/aromatic N) is 2. The molecule has 2 aromatic heterocycles. The molecule has 0 aliphatic rings. The van der Waals surface area contributed by atoms with Gasteiger partial charge in [-0.3, -0.25) is 9.59 Å². The Morgan fingerprint density at radius 3 is 2.59 bits per heavy atom. The fourth-order valence-electron chi connectivity index (χ4n) is 3.14. The molecule has 146 valence electrons. The fourth-order valence-corrected chi connectivity index (χ4v) is 3.14. The van der Waals surface area contributed by atoms with Gasteiger partial charge < -0.3 is 9.73 Å². The lowest BCUT2D eigenvalue weighted by molar-refractivity contribution is 0.0996. The van der Waals surface area contributed by atoms with Gasteiger partial charge in [0, 0.05) is 12.1 Å². The lowest BCUT2D eigenvalue weighted by Gasteiger charge is -2.09. The molecule has 0 radical (unpaired) electrons. The molecule has 2 heterocycles. The van der Waals surface area contributed by atoms with E-state index in [1.807, 2.05) is 44.2 Å². The first-order chi connectivity index (χ1) is 14.0. The molecule has 0 fully saturated rings. The molecule has 0 saturated carbocycles. The minimum absolute atomic E-state index is 0.0326. The Labute approximate surface area is 167 Å². The number of carbonyl (C=O) groups is 1. The van der Waals surface area contributed by atoms with Gasteiger partial charge in [0.2, 0.25) is 0 Å². The Morgan fingerprint density at radius 1 is 1.07 bits per heavy atom. The van der Waals surface area contributed by atoms with Gasteiger partial charge >= 0.3 is 0 Å². The third-order valence-corrected chi connectivity index (χ3v) is 4.83. The van der Waals surface area contributed by atoms with Gasteiger partial charge in [0.1, 0.15) is 11.4 Å². The summed E-state index contributed by atoms with van der Waals surface area (Å²) in [7, 11) is 0. The average Bonchev–Trinajstić information content (AvgIpc) is 3.15. The molecule has 0 unspecified atom stereocenters. The molecule has 1 N–H and O–H groups in total. The minimum Gasteiger partial charge on any atom is -0.451 e. The number of amides is 1. The third kappa shape index (κ3) is 3.96. The van der Waals surface area contributed by atoms with E-state index >= 15 is 0 Å². The first kappa shape index (κ1) is 18.7. The van der Waals surface area contributed by atoms with Crippen molar-refractivity contribution in [3.8, 4) is 0 Å². The zero-order valence-electron chi connectivity index (χ0n) is 16.3. The molecule has 0 spiro atoms. The van der Waals surface area contributed by atoms with Crippen LogP contribution in [0.3, 0.4) is 0 Å². The largest absolute Gasteiger partial charge is 0.451 e. The maximum absolute atomic E-state index is 12.7.